The van der Waals surface area contributed by atoms with E-state index in [1.807, 2.05) is 44.2 Å². The molecule has 0 atom stereocenters. The number of benzene rings is 1. The van der Waals surface area contributed by atoms with E-state index in [4.69, 9.17) is 4.52 Å². The predicted octanol–water partition coefficient (Wildman–Crippen LogP) is 3.36. The van der Waals surface area contributed by atoms with E-state index in [0.29, 0.717) is 24.4 Å². The quantitative estimate of drug-likeness (QED) is 0.679. The van der Waals surface area contributed by atoms with Crippen molar-refractivity contribution in [3.8, 4) is 11.4 Å². The Bertz CT molecular complexity index is 1020. The van der Waals surface area contributed by atoms with Crippen LogP contribution in [0, 0.1) is 6.92 Å². The van der Waals surface area contributed by atoms with Gasteiger partial charge in [0.05, 0.1) is 5.56 Å². The molecule has 7 heteroatoms. The topological polar surface area (TPSA) is 90.0 Å². The highest BCUT2D eigenvalue weighted by Crippen LogP contribution is 2.14. The first-order valence-corrected chi connectivity index (χ1v) is 9.44. The van der Waals surface area contributed by atoms with Crippen LogP contribution in [0.15, 0.2) is 45.7 Å². The van der Waals surface area contributed by atoms with Crippen molar-refractivity contribution in [1.29, 1.82) is 0 Å². The fourth-order valence-electron chi connectivity index (χ4n) is 2.97. The third-order valence-electron chi connectivity index (χ3n) is 4.63. The lowest BCUT2D eigenvalue weighted by molar-refractivity contribution is -0.116. The summed E-state index contributed by atoms with van der Waals surface area (Å²) in [5, 5.41) is 6.75. The number of anilines is 1. The number of carbonyl (C=O) groups is 1. The maximum absolute atomic E-state index is 12.5. The number of hydrogen-bond donors (Lipinski definition) is 1. The molecule has 0 unspecified atom stereocenters. The zero-order valence-electron chi connectivity index (χ0n) is 16.4. The molecule has 0 saturated heterocycles. The lowest BCUT2D eigenvalue weighted by Crippen LogP contribution is -2.23. The van der Waals surface area contributed by atoms with Crippen LogP contribution < -0.4 is 10.9 Å². The van der Waals surface area contributed by atoms with Crippen LogP contribution in [0.2, 0.25) is 0 Å². The third-order valence-corrected chi connectivity index (χ3v) is 4.63. The highest BCUT2D eigenvalue weighted by molar-refractivity contribution is 5.90. The number of aromatic nitrogens is 3. The first-order valence-electron chi connectivity index (χ1n) is 9.44. The zero-order valence-corrected chi connectivity index (χ0v) is 16.4. The van der Waals surface area contributed by atoms with Crippen LogP contribution in [0.4, 0.5) is 5.69 Å². The summed E-state index contributed by atoms with van der Waals surface area (Å²) in [6, 6.07) is 11.3. The smallest absolute Gasteiger partial charge is 0.261 e. The van der Waals surface area contributed by atoms with E-state index in [2.05, 4.69) is 22.4 Å². The maximum atomic E-state index is 12.5. The van der Waals surface area contributed by atoms with Crippen molar-refractivity contribution in [2.75, 3.05) is 5.32 Å². The first kappa shape index (κ1) is 19.5. The molecule has 0 spiro atoms. The van der Waals surface area contributed by atoms with E-state index < -0.39 is 0 Å². The molecular weight excluding hydrogens is 356 g/mol. The number of carbonyl (C=O) groups excluding carboxylic acids is 1. The van der Waals surface area contributed by atoms with Crippen LogP contribution >= 0.6 is 0 Å². The lowest BCUT2D eigenvalue weighted by atomic mass is 10.1. The van der Waals surface area contributed by atoms with Gasteiger partial charge < -0.3 is 14.4 Å². The molecule has 0 radical (unpaired) electrons. The van der Waals surface area contributed by atoms with E-state index in [1.54, 1.807) is 10.6 Å². The van der Waals surface area contributed by atoms with Crippen LogP contribution in [0.1, 0.15) is 37.4 Å². The minimum Gasteiger partial charge on any atom is -0.339 e. The Balaban J connectivity index is 1.63. The molecule has 0 aliphatic carbocycles. The van der Waals surface area contributed by atoms with Crippen molar-refractivity contribution in [3.05, 3.63) is 63.9 Å². The van der Waals surface area contributed by atoms with Crippen molar-refractivity contribution < 1.29 is 9.32 Å². The molecule has 1 aromatic carbocycles. The van der Waals surface area contributed by atoms with Crippen molar-refractivity contribution in [2.45, 2.75) is 46.6 Å². The zero-order chi connectivity index (χ0) is 20.1. The second kappa shape index (κ2) is 8.65. The Morgan fingerprint density at radius 1 is 1.14 bits per heavy atom. The highest BCUT2D eigenvalue weighted by atomic mass is 16.5. The molecule has 0 aliphatic heterocycles. The number of nitrogens with one attached hydrogen (secondary N) is 1. The summed E-state index contributed by atoms with van der Waals surface area (Å²) in [6.07, 6.45) is 1.47. The fraction of sp³-hybridized carbons (Fsp3) is 0.333. The van der Waals surface area contributed by atoms with Gasteiger partial charge in [-0.25, -0.2) is 0 Å². The normalized spacial score (nSPS) is 10.8. The molecule has 0 fully saturated rings. The van der Waals surface area contributed by atoms with Crippen molar-refractivity contribution >= 4 is 11.6 Å². The van der Waals surface area contributed by atoms with Crippen molar-refractivity contribution in [2.24, 2.45) is 0 Å². The van der Waals surface area contributed by atoms with E-state index in [0.717, 1.165) is 17.8 Å². The second-order valence-electron chi connectivity index (χ2n) is 6.55. The van der Waals surface area contributed by atoms with Crippen LogP contribution in [-0.4, -0.2) is 20.6 Å². The van der Waals surface area contributed by atoms with E-state index in [-0.39, 0.29) is 23.7 Å². The molecule has 146 valence electrons. The van der Waals surface area contributed by atoms with E-state index >= 15 is 0 Å². The predicted molar refractivity (Wildman–Crippen MR) is 107 cm³/mol. The molecule has 2 heterocycles. The summed E-state index contributed by atoms with van der Waals surface area (Å²) in [5.74, 6) is 0.444. The Labute approximate surface area is 163 Å². The third kappa shape index (κ3) is 4.36. The Kier molecular flexibility index (Phi) is 6.03. The molecule has 0 saturated carbocycles. The monoisotopic (exact) mass is 380 g/mol. The summed E-state index contributed by atoms with van der Waals surface area (Å²) in [5.41, 5.74) is 3.09. The van der Waals surface area contributed by atoms with Crippen molar-refractivity contribution in [3.63, 3.8) is 0 Å². The fourth-order valence-corrected chi connectivity index (χ4v) is 2.97. The molecule has 0 aliphatic rings. The summed E-state index contributed by atoms with van der Waals surface area (Å²) in [4.78, 5) is 28.9. The van der Waals surface area contributed by atoms with E-state index in [9.17, 15) is 9.59 Å². The molecule has 2 aromatic heterocycles. The number of amides is 1. The highest BCUT2D eigenvalue weighted by Gasteiger charge is 2.15. The Hall–Kier alpha value is -3.22. The molecule has 3 rings (SSSR count). The minimum atomic E-state index is -0.150. The lowest BCUT2D eigenvalue weighted by Gasteiger charge is -2.07. The van der Waals surface area contributed by atoms with Crippen LogP contribution in [0.5, 0.6) is 0 Å². The molecule has 1 N–H and O–H groups in total. The van der Waals surface area contributed by atoms with Gasteiger partial charge in [-0.15, -0.1) is 0 Å². The van der Waals surface area contributed by atoms with Gasteiger partial charge in [-0.05, 0) is 50.1 Å². The first-order chi connectivity index (χ1) is 13.5. The summed E-state index contributed by atoms with van der Waals surface area (Å²) in [7, 11) is 0. The minimum absolute atomic E-state index is 0.132. The number of rotatable bonds is 7. The average molecular weight is 380 g/mol. The molecule has 7 nitrogen and oxygen atoms in total. The molecule has 3 aromatic rings. The van der Waals surface area contributed by atoms with Crippen LogP contribution in [-0.2, 0) is 24.2 Å². The number of hydrogen-bond acceptors (Lipinski definition) is 5. The number of nitrogens with zero attached hydrogens (tertiary/aromatic N) is 3. The molecule has 1 amide bonds. The maximum Gasteiger partial charge on any atom is 0.261 e. The molecule has 28 heavy (non-hydrogen) atoms. The van der Waals surface area contributed by atoms with Gasteiger partial charge in [0.15, 0.2) is 0 Å². The van der Waals surface area contributed by atoms with Gasteiger partial charge >= 0.3 is 0 Å². The SMILES string of the molecule is CCc1ccc(NC(=O)CCc2nc(-c3ccc(C)n(CC)c3=O)no2)cc1. The summed E-state index contributed by atoms with van der Waals surface area (Å²) in [6.45, 7) is 6.45. The molecule has 0 bridgehead atoms. The van der Waals surface area contributed by atoms with Gasteiger partial charge in [-0.2, -0.15) is 4.98 Å². The summed E-state index contributed by atoms with van der Waals surface area (Å²) >= 11 is 0. The number of aryl methyl sites for hydroxylation is 3. The average Bonchev–Trinajstić information content (AvgIpc) is 3.16. The van der Waals surface area contributed by atoms with Gasteiger partial charge in [0, 0.05) is 30.8 Å². The number of pyridine rings is 1. The van der Waals surface area contributed by atoms with Gasteiger partial charge in [-0.1, -0.05) is 24.2 Å². The largest absolute Gasteiger partial charge is 0.339 e. The molecular formula is C21H24N4O3. The van der Waals surface area contributed by atoms with Gasteiger partial charge in [0.25, 0.3) is 5.56 Å². The standard InChI is InChI=1S/C21H24N4O3/c1-4-15-7-9-16(10-8-15)22-18(26)12-13-19-23-20(24-28-19)17-11-6-14(3)25(5-2)21(17)27/h6-11H,4-5,12-13H2,1-3H3,(H,22,26). The van der Waals surface area contributed by atoms with Gasteiger partial charge in [0.2, 0.25) is 17.6 Å². The van der Waals surface area contributed by atoms with Gasteiger partial charge in [-0.3, -0.25) is 9.59 Å². The summed E-state index contributed by atoms with van der Waals surface area (Å²) < 4.78 is 6.87. The van der Waals surface area contributed by atoms with Crippen LogP contribution in [0.3, 0.4) is 0 Å². The Morgan fingerprint density at radius 3 is 2.57 bits per heavy atom. The second-order valence-corrected chi connectivity index (χ2v) is 6.55. The van der Waals surface area contributed by atoms with Crippen LogP contribution in [0.25, 0.3) is 11.4 Å². The van der Waals surface area contributed by atoms with Crippen molar-refractivity contribution in [1.82, 2.24) is 14.7 Å². The van der Waals surface area contributed by atoms with Gasteiger partial charge in [0.1, 0.15) is 0 Å². The Morgan fingerprint density at radius 2 is 1.89 bits per heavy atom. The van der Waals surface area contributed by atoms with E-state index in [1.165, 1.54) is 5.56 Å².